The normalized spacial score (nSPS) is 25.5. The summed E-state index contributed by atoms with van der Waals surface area (Å²) in [4.78, 5) is 58.0. The summed E-state index contributed by atoms with van der Waals surface area (Å²) < 4.78 is 43.0. The fourth-order valence-electron chi connectivity index (χ4n) is 3.08. The van der Waals surface area contributed by atoms with Crippen LogP contribution in [0, 0.1) is 0 Å². The molecule has 0 bridgehead atoms. The lowest BCUT2D eigenvalue weighted by Crippen LogP contribution is -2.63. The number of carbonyl (C=O) groups is 5. The van der Waals surface area contributed by atoms with Gasteiger partial charge in [0.05, 0.1) is 7.11 Å². The number of halogens is 1. The van der Waals surface area contributed by atoms with Crippen molar-refractivity contribution >= 4 is 45.8 Å². The van der Waals surface area contributed by atoms with Crippen LogP contribution in [0.3, 0.4) is 0 Å². The fourth-order valence-corrected chi connectivity index (χ4v) is 3.55. The van der Waals surface area contributed by atoms with E-state index in [1.165, 1.54) is 7.11 Å². The van der Waals surface area contributed by atoms with Gasteiger partial charge < -0.3 is 37.9 Å². The molecule has 0 unspecified atom stereocenters. The predicted molar refractivity (Wildman–Crippen MR) is 118 cm³/mol. The van der Waals surface area contributed by atoms with Crippen LogP contribution < -0.4 is 0 Å². The highest BCUT2D eigenvalue weighted by Gasteiger charge is 2.54. The first kappa shape index (κ1) is 30.7. The minimum atomic E-state index is -1.51. The van der Waals surface area contributed by atoms with Crippen molar-refractivity contribution in [1.82, 2.24) is 0 Å². The van der Waals surface area contributed by atoms with Crippen LogP contribution in [0.5, 0.6) is 0 Å². The Morgan fingerprint density at radius 3 is 1.89 bits per heavy atom. The number of hydrogen-bond donors (Lipinski definition) is 0. The highest BCUT2D eigenvalue weighted by atomic mass is 79.9. The average molecular weight is 571 g/mol. The molecule has 1 rings (SSSR count). The van der Waals surface area contributed by atoms with E-state index < -0.39 is 78.3 Å². The van der Waals surface area contributed by atoms with Crippen LogP contribution in [0.4, 0.5) is 0 Å². The van der Waals surface area contributed by atoms with E-state index in [4.69, 9.17) is 37.9 Å². The molecule has 1 saturated heterocycles. The molecular formula is C21H31BrO13. The summed E-state index contributed by atoms with van der Waals surface area (Å²) in [5, 5.41) is 0. The molecular weight excluding hydrogens is 540 g/mol. The molecule has 0 saturated carbocycles. The second-order valence-corrected chi connectivity index (χ2v) is 8.35. The van der Waals surface area contributed by atoms with Crippen molar-refractivity contribution in [3.63, 3.8) is 0 Å². The van der Waals surface area contributed by atoms with E-state index in [0.717, 1.165) is 27.7 Å². The first-order valence-corrected chi connectivity index (χ1v) is 11.6. The van der Waals surface area contributed by atoms with Crippen molar-refractivity contribution in [2.45, 2.75) is 82.9 Å². The summed E-state index contributed by atoms with van der Waals surface area (Å²) in [5.74, 6) is -3.73. The summed E-state index contributed by atoms with van der Waals surface area (Å²) in [7, 11) is 1.17. The maximum absolute atomic E-state index is 12.1. The molecule has 1 aliphatic heterocycles. The molecule has 7 atom stereocenters. The number of esters is 5. The predicted octanol–water partition coefficient (Wildman–Crippen LogP) is 0.775. The van der Waals surface area contributed by atoms with Crippen LogP contribution in [-0.2, 0) is 61.9 Å². The number of alkyl halides is 1. The van der Waals surface area contributed by atoms with Crippen molar-refractivity contribution in [1.29, 1.82) is 0 Å². The van der Waals surface area contributed by atoms with Gasteiger partial charge in [0, 0.05) is 34.3 Å². The zero-order chi connectivity index (χ0) is 26.7. The van der Waals surface area contributed by atoms with Crippen LogP contribution in [0.15, 0.2) is 0 Å². The van der Waals surface area contributed by atoms with Gasteiger partial charge in [-0.05, 0) is 6.42 Å². The first-order valence-electron chi connectivity index (χ1n) is 10.7. The number of carbonyl (C=O) groups excluding carboxylic acids is 5. The minimum Gasteiger partial charge on any atom is -0.468 e. The number of rotatable bonds is 12. The van der Waals surface area contributed by atoms with E-state index in [1.54, 1.807) is 0 Å². The molecule has 1 heterocycles. The van der Waals surface area contributed by atoms with Crippen LogP contribution in [0.1, 0.15) is 41.0 Å². The third-order valence-electron chi connectivity index (χ3n) is 4.37. The average Bonchev–Trinajstić information content (AvgIpc) is 2.76. The number of ether oxygens (including phenoxy) is 8. The molecule has 0 aromatic heterocycles. The zero-order valence-electron chi connectivity index (χ0n) is 20.3. The monoisotopic (exact) mass is 570 g/mol. The minimum absolute atomic E-state index is 0.176. The molecule has 200 valence electrons. The lowest BCUT2D eigenvalue weighted by atomic mass is 9.98. The molecule has 0 aromatic rings. The van der Waals surface area contributed by atoms with E-state index in [2.05, 4.69) is 15.9 Å². The molecule has 0 aromatic carbocycles. The molecule has 14 heteroatoms. The third kappa shape index (κ3) is 10.1. The smallest absolute Gasteiger partial charge is 0.324 e. The van der Waals surface area contributed by atoms with Crippen LogP contribution >= 0.6 is 15.9 Å². The van der Waals surface area contributed by atoms with Gasteiger partial charge in [-0.3, -0.25) is 24.0 Å². The quantitative estimate of drug-likeness (QED) is 0.140. The van der Waals surface area contributed by atoms with Gasteiger partial charge in [0.2, 0.25) is 6.29 Å². The summed E-state index contributed by atoms with van der Waals surface area (Å²) in [6.07, 6.45) is -7.67. The van der Waals surface area contributed by atoms with E-state index in [-0.39, 0.29) is 6.61 Å². The van der Waals surface area contributed by atoms with Crippen LogP contribution in [-0.4, -0.2) is 92.0 Å². The fraction of sp³-hybridized carbons (Fsp3) is 0.762. The summed E-state index contributed by atoms with van der Waals surface area (Å²) >= 11 is 3.15. The van der Waals surface area contributed by atoms with Gasteiger partial charge in [-0.15, -0.1) is 0 Å². The molecule has 35 heavy (non-hydrogen) atoms. The van der Waals surface area contributed by atoms with Crippen molar-refractivity contribution in [2.24, 2.45) is 0 Å². The van der Waals surface area contributed by atoms with Crippen LogP contribution in [0.2, 0.25) is 0 Å². The molecule has 0 spiro atoms. The van der Waals surface area contributed by atoms with Gasteiger partial charge in [-0.25, -0.2) is 0 Å². The van der Waals surface area contributed by atoms with Gasteiger partial charge in [-0.2, -0.15) is 0 Å². The first-order chi connectivity index (χ1) is 16.4. The molecule has 0 N–H and O–H groups in total. The van der Waals surface area contributed by atoms with Crippen LogP contribution in [0.25, 0.3) is 0 Å². The van der Waals surface area contributed by atoms with Gasteiger partial charge in [0.15, 0.2) is 29.4 Å². The second kappa shape index (κ2) is 15.0. The van der Waals surface area contributed by atoms with Crippen molar-refractivity contribution in [2.75, 3.05) is 20.3 Å². The van der Waals surface area contributed by atoms with Gasteiger partial charge in [-0.1, -0.05) is 22.9 Å². The Bertz CT molecular complexity index is 758. The van der Waals surface area contributed by atoms with E-state index in [1.807, 2.05) is 6.92 Å². The summed E-state index contributed by atoms with van der Waals surface area (Å²) in [6, 6.07) is 0. The Labute approximate surface area is 211 Å². The van der Waals surface area contributed by atoms with Gasteiger partial charge in [0.1, 0.15) is 12.7 Å². The largest absolute Gasteiger partial charge is 0.468 e. The molecule has 0 aliphatic carbocycles. The molecule has 1 aliphatic rings. The SMILES string of the molecule is CCCO[C@@H](O[C@@H]1O[C@H](COC(C)=O)[C@@H](OC(C)=O)[C@H](OC(C)=O)[C@H]1OC(C)=O)[C@H](Br)C(=O)OC. The zero-order valence-corrected chi connectivity index (χ0v) is 21.9. The van der Waals surface area contributed by atoms with Gasteiger partial charge in [0.25, 0.3) is 0 Å². The Morgan fingerprint density at radius 2 is 1.40 bits per heavy atom. The molecule has 0 radical (unpaired) electrons. The highest BCUT2D eigenvalue weighted by molar-refractivity contribution is 9.10. The topological polar surface area (TPSA) is 159 Å². The number of hydrogen-bond acceptors (Lipinski definition) is 13. The Hall–Kier alpha value is -2.29. The van der Waals surface area contributed by atoms with Gasteiger partial charge >= 0.3 is 29.8 Å². The van der Waals surface area contributed by atoms with Crippen molar-refractivity contribution in [3.05, 3.63) is 0 Å². The number of methoxy groups -OCH3 is 1. The Balaban J connectivity index is 3.45. The highest BCUT2D eigenvalue weighted by Crippen LogP contribution is 2.31. The lowest BCUT2D eigenvalue weighted by Gasteiger charge is -2.44. The van der Waals surface area contributed by atoms with E-state index in [0.29, 0.717) is 6.42 Å². The molecule has 0 amide bonds. The van der Waals surface area contributed by atoms with Crippen molar-refractivity contribution in [3.8, 4) is 0 Å². The van der Waals surface area contributed by atoms with Crippen molar-refractivity contribution < 1.29 is 61.9 Å². The maximum Gasteiger partial charge on any atom is 0.324 e. The molecule has 1 fully saturated rings. The molecule has 13 nitrogen and oxygen atoms in total. The second-order valence-electron chi connectivity index (χ2n) is 7.37. The standard InChI is InChI=1S/C21H31BrO13/c1-7-8-29-20(15(22)19(27)28-6)35-21-18(33-13(5)26)17(32-12(4)25)16(31-11(3)24)14(34-21)9-30-10(2)23/h14-18,20-21H,7-9H2,1-6H3/t14-,15-,16-,17+,18-,20+,21+/m1/s1. The van der Waals surface area contributed by atoms with E-state index >= 15 is 0 Å². The third-order valence-corrected chi connectivity index (χ3v) is 5.17. The Kier molecular flexibility index (Phi) is 13.1. The van der Waals surface area contributed by atoms with E-state index in [9.17, 15) is 24.0 Å². The Morgan fingerprint density at radius 1 is 0.857 bits per heavy atom. The lowest BCUT2D eigenvalue weighted by molar-refractivity contribution is -0.338. The maximum atomic E-state index is 12.1. The summed E-state index contributed by atoms with van der Waals surface area (Å²) in [5.41, 5.74) is 0. The summed E-state index contributed by atoms with van der Waals surface area (Å²) in [6.45, 7) is 6.04.